The Balaban J connectivity index is 5.12. The van der Waals surface area contributed by atoms with Crippen LogP contribution in [0.2, 0.25) is 0 Å². The summed E-state index contributed by atoms with van der Waals surface area (Å²) in [6.07, 6.45) is 6.76. The highest BCUT2D eigenvalue weighted by Gasteiger charge is 2.29. The van der Waals surface area contributed by atoms with Gasteiger partial charge in [0.15, 0.2) is 0 Å². The first-order valence-corrected chi connectivity index (χ1v) is 14.0. The third-order valence-corrected chi connectivity index (χ3v) is 6.15. The summed E-state index contributed by atoms with van der Waals surface area (Å²) >= 11 is 0. The normalized spacial score (nSPS) is 14.1. The van der Waals surface area contributed by atoms with Gasteiger partial charge in [-0.3, -0.25) is 24.0 Å². The van der Waals surface area contributed by atoms with E-state index >= 15 is 0 Å². The quantitative estimate of drug-likeness (QED) is 0.0784. The molecule has 224 valence electrons. The molecule has 0 aliphatic carbocycles. The van der Waals surface area contributed by atoms with Crippen molar-refractivity contribution in [1.29, 1.82) is 0 Å². The lowest BCUT2D eigenvalue weighted by Crippen LogP contribution is -2.56. The van der Waals surface area contributed by atoms with Crippen LogP contribution >= 0.6 is 0 Å². The van der Waals surface area contributed by atoms with Gasteiger partial charge in [-0.15, -0.1) is 0 Å². The van der Waals surface area contributed by atoms with Gasteiger partial charge < -0.3 is 37.3 Å². The zero-order valence-corrected chi connectivity index (χ0v) is 23.7. The van der Waals surface area contributed by atoms with Gasteiger partial charge in [0.1, 0.15) is 18.4 Å². The molecular formula is C27H49N5O7. The van der Waals surface area contributed by atoms with E-state index in [0.29, 0.717) is 19.1 Å². The molecule has 0 spiro atoms. The van der Waals surface area contributed by atoms with E-state index in [4.69, 9.17) is 11.5 Å². The smallest absolute Gasteiger partial charge is 0.243 e. The number of aldehydes is 1. The summed E-state index contributed by atoms with van der Waals surface area (Å²) in [5, 5.41) is 17.6. The molecule has 0 aromatic heterocycles. The highest BCUT2D eigenvalue weighted by molar-refractivity contribution is 5.95. The number of carbonyl (C=O) groups is 6. The predicted octanol–water partition coefficient (Wildman–Crippen LogP) is 0.718. The summed E-state index contributed by atoms with van der Waals surface area (Å²) in [7, 11) is 0. The first-order chi connectivity index (χ1) is 18.4. The van der Waals surface area contributed by atoms with E-state index in [0.717, 1.165) is 25.7 Å². The van der Waals surface area contributed by atoms with Gasteiger partial charge in [0.25, 0.3) is 0 Å². The first kappa shape index (κ1) is 36.0. The predicted molar refractivity (Wildman–Crippen MR) is 147 cm³/mol. The van der Waals surface area contributed by atoms with Gasteiger partial charge >= 0.3 is 0 Å². The van der Waals surface area contributed by atoms with Crippen molar-refractivity contribution in [2.75, 3.05) is 0 Å². The van der Waals surface area contributed by atoms with Gasteiger partial charge in [-0.2, -0.15) is 0 Å². The second-order valence-corrected chi connectivity index (χ2v) is 10.5. The Morgan fingerprint density at radius 1 is 0.769 bits per heavy atom. The second-order valence-electron chi connectivity index (χ2n) is 10.5. The molecule has 0 radical (unpaired) electrons. The van der Waals surface area contributed by atoms with Crippen LogP contribution in [0.4, 0.5) is 0 Å². The van der Waals surface area contributed by atoms with Crippen LogP contribution in [0.5, 0.6) is 0 Å². The minimum atomic E-state index is -1.40. The lowest BCUT2D eigenvalue weighted by molar-refractivity contribution is -0.134. The van der Waals surface area contributed by atoms with Crippen LogP contribution in [0.15, 0.2) is 0 Å². The van der Waals surface area contributed by atoms with Crippen molar-refractivity contribution >= 4 is 35.8 Å². The Morgan fingerprint density at radius 3 is 1.90 bits per heavy atom. The zero-order valence-electron chi connectivity index (χ0n) is 23.7. The third-order valence-electron chi connectivity index (χ3n) is 6.15. The van der Waals surface area contributed by atoms with Crippen molar-refractivity contribution in [3.05, 3.63) is 0 Å². The molecule has 0 saturated carbocycles. The van der Waals surface area contributed by atoms with Crippen LogP contribution in [0.1, 0.15) is 104 Å². The Hall–Kier alpha value is -3.02. The summed E-state index contributed by atoms with van der Waals surface area (Å²) in [6, 6.07) is -3.46. The minimum absolute atomic E-state index is 0.107. The van der Waals surface area contributed by atoms with Gasteiger partial charge in [-0.05, 0) is 25.2 Å². The summed E-state index contributed by atoms with van der Waals surface area (Å²) in [6.45, 7) is 5.90. The average molecular weight is 556 g/mol. The SMILES string of the molecule is CCCCCCCCCC(O)CC(=O)NC(CC(N)=O)C(=O)NC(CCC(N)=O)C(=O)NC(C=O)CC(C)C. The molecule has 12 heteroatoms. The molecule has 0 heterocycles. The number of amides is 5. The molecule has 8 N–H and O–H groups in total. The standard InChI is InChI=1S/C27H49N5O7/c1-4-5-6-7-8-9-10-11-20(34)15-25(37)31-22(16-24(29)36)27(39)32-21(12-13-23(28)35)26(38)30-19(17-33)14-18(2)3/h17-22,34H,4-16H2,1-3H3,(H2,28,35)(H2,29,36)(H,30,38)(H,31,37)(H,32,39). The number of primary amides is 2. The second kappa shape index (κ2) is 20.9. The number of aliphatic hydroxyl groups is 1. The molecule has 0 aromatic carbocycles. The molecule has 0 aliphatic rings. The summed E-state index contributed by atoms with van der Waals surface area (Å²) in [5.74, 6) is -3.70. The fourth-order valence-corrected chi connectivity index (χ4v) is 4.08. The van der Waals surface area contributed by atoms with Crippen molar-refractivity contribution in [1.82, 2.24) is 16.0 Å². The summed E-state index contributed by atoms with van der Waals surface area (Å²) in [4.78, 5) is 72.5. The molecule has 4 atom stereocenters. The number of nitrogens with two attached hydrogens (primary N) is 2. The van der Waals surface area contributed by atoms with Gasteiger partial charge in [0, 0.05) is 6.42 Å². The molecular weight excluding hydrogens is 506 g/mol. The van der Waals surface area contributed by atoms with Crippen LogP contribution in [0.3, 0.4) is 0 Å². The van der Waals surface area contributed by atoms with E-state index in [1.165, 1.54) is 19.3 Å². The van der Waals surface area contributed by atoms with E-state index < -0.39 is 60.2 Å². The first-order valence-electron chi connectivity index (χ1n) is 14.0. The lowest BCUT2D eigenvalue weighted by Gasteiger charge is -2.24. The summed E-state index contributed by atoms with van der Waals surface area (Å²) < 4.78 is 0. The molecule has 0 aromatic rings. The molecule has 0 rings (SSSR count). The van der Waals surface area contributed by atoms with Crippen LogP contribution in [-0.2, 0) is 28.8 Å². The molecule has 39 heavy (non-hydrogen) atoms. The molecule has 5 amide bonds. The van der Waals surface area contributed by atoms with Crippen LogP contribution in [0.25, 0.3) is 0 Å². The topological polar surface area (TPSA) is 211 Å². The minimum Gasteiger partial charge on any atom is -0.393 e. The fourth-order valence-electron chi connectivity index (χ4n) is 4.08. The monoisotopic (exact) mass is 555 g/mol. The van der Waals surface area contributed by atoms with E-state index in [1.54, 1.807) is 0 Å². The number of aliphatic hydroxyl groups excluding tert-OH is 1. The van der Waals surface area contributed by atoms with Crippen molar-refractivity contribution in [3.8, 4) is 0 Å². The number of unbranched alkanes of at least 4 members (excludes halogenated alkanes) is 6. The van der Waals surface area contributed by atoms with E-state index in [1.807, 2.05) is 13.8 Å². The highest BCUT2D eigenvalue weighted by atomic mass is 16.3. The Kier molecular flexibility index (Phi) is 19.3. The van der Waals surface area contributed by atoms with E-state index in [2.05, 4.69) is 22.9 Å². The van der Waals surface area contributed by atoms with Crippen LogP contribution < -0.4 is 27.4 Å². The van der Waals surface area contributed by atoms with Gasteiger partial charge in [-0.25, -0.2) is 0 Å². The molecule has 4 unspecified atom stereocenters. The molecule has 0 saturated heterocycles. The van der Waals surface area contributed by atoms with E-state index in [9.17, 15) is 33.9 Å². The third kappa shape index (κ3) is 18.8. The number of rotatable bonds is 23. The molecule has 0 fully saturated rings. The Morgan fingerprint density at radius 2 is 1.36 bits per heavy atom. The maximum Gasteiger partial charge on any atom is 0.243 e. The van der Waals surface area contributed by atoms with Gasteiger partial charge in [0.2, 0.25) is 29.5 Å². The van der Waals surface area contributed by atoms with E-state index in [-0.39, 0.29) is 25.2 Å². The Labute approximate surface area is 231 Å². The molecule has 0 bridgehead atoms. The largest absolute Gasteiger partial charge is 0.393 e. The lowest BCUT2D eigenvalue weighted by atomic mass is 10.0. The number of nitrogens with one attached hydrogen (secondary N) is 3. The fraction of sp³-hybridized carbons (Fsp3) is 0.778. The maximum atomic E-state index is 12.9. The van der Waals surface area contributed by atoms with Gasteiger partial charge in [-0.1, -0.05) is 65.7 Å². The van der Waals surface area contributed by atoms with Crippen molar-refractivity contribution < 1.29 is 33.9 Å². The molecule has 12 nitrogen and oxygen atoms in total. The van der Waals surface area contributed by atoms with Gasteiger partial charge in [0.05, 0.1) is 25.0 Å². The number of hydrogen-bond acceptors (Lipinski definition) is 7. The highest BCUT2D eigenvalue weighted by Crippen LogP contribution is 2.11. The number of carbonyl (C=O) groups excluding carboxylic acids is 6. The summed E-state index contributed by atoms with van der Waals surface area (Å²) in [5.41, 5.74) is 10.4. The Bertz CT molecular complexity index is 790. The van der Waals surface area contributed by atoms with Crippen molar-refractivity contribution in [2.24, 2.45) is 17.4 Å². The van der Waals surface area contributed by atoms with Crippen molar-refractivity contribution in [2.45, 2.75) is 128 Å². The van der Waals surface area contributed by atoms with Crippen LogP contribution in [-0.4, -0.2) is 65.2 Å². The maximum absolute atomic E-state index is 12.9. The molecule has 0 aliphatic heterocycles. The zero-order chi connectivity index (χ0) is 29.8. The number of hydrogen-bond donors (Lipinski definition) is 6. The average Bonchev–Trinajstić information content (AvgIpc) is 2.84. The van der Waals surface area contributed by atoms with Crippen LogP contribution in [0, 0.1) is 5.92 Å². The van der Waals surface area contributed by atoms with Crippen molar-refractivity contribution in [3.63, 3.8) is 0 Å².